The molecule has 0 spiro atoms. The highest BCUT2D eigenvalue weighted by Gasteiger charge is 2.19. The third-order valence-corrected chi connectivity index (χ3v) is 4.66. The molecule has 2 heterocycles. The molecule has 1 fully saturated rings. The van der Waals surface area contributed by atoms with E-state index >= 15 is 0 Å². The van der Waals surface area contributed by atoms with Gasteiger partial charge in [0.1, 0.15) is 5.58 Å². The number of aromatic hydroxyl groups is 3. The molecule has 1 aliphatic rings. The highest BCUT2D eigenvalue weighted by Crippen LogP contribution is 2.35. The number of nitrogens with one attached hydrogen (secondary N) is 1. The fourth-order valence-electron chi connectivity index (χ4n) is 3.09. The number of nitrogens with zero attached hydrogens (tertiary/aromatic N) is 1. The van der Waals surface area contributed by atoms with Crippen molar-refractivity contribution in [2.24, 2.45) is 0 Å². The predicted octanol–water partition coefficient (Wildman–Crippen LogP) is 2.44. The van der Waals surface area contributed by atoms with Crippen LogP contribution in [-0.4, -0.2) is 52.6 Å². The van der Waals surface area contributed by atoms with E-state index in [1.807, 2.05) is 0 Å². The van der Waals surface area contributed by atoms with Crippen molar-refractivity contribution in [3.05, 3.63) is 46.6 Å². The van der Waals surface area contributed by atoms with Crippen LogP contribution in [0.25, 0.3) is 22.3 Å². The van der Waals surface area contributed by atoms with Gasteiger partial charge in [-0.3, -0.25) is 4.79 Å². The Morgan fingerprint density at radius 1 is 1.00 bits per heavy atom. The normalized spacial score (nSPS) is 14.1. The second-order valence-electron chi connectivity index (χ2n) is 6.55. The molecule has 2 amide bonds. The summed E-state index contributed by atoms with van der Waals surface area (Å²) in [6.45, 7) is 1.91. The third kappa shape index (κ3) is 3.55. The summed E-state index contributed by atoms with van der Waals surface area (Å²) in [6.07, 6.45) is 0. The number of carbonyl (C=O) groups is 1. The molecule has 0 saturated carbocycles. The van der Waals surface area contributed by atoms with Crippen molar-refractivity contribution in [3.63, 3.8) is 0 Å². The van der Waals surface area contributed by atoms with E-state index in [0.717, 1.165) is 0 Å². The Bertz CT molecular complexity index is 1150. The minimum absolute atomic E-state index is 0.138. The fraction of sp³-hybridized carbons (Fsp3) is 0.200. The predicted molar refractivity (Wildman–Crippen MR) is 104 cm³/mol. The van der Waals surface area contributed by atoms with Gasteiger partial charge in [0, 0.05) is 30.4 Å². The molecule has 1 aromatic heterocycles. The number of ether oxygens (including phenoxy) is 1. The molecule has 2 aromatic carbocycles. The Morgan fingerprint density at radius 3 is 2.48 bits per heavy atom. The first kappa shape index (κ1) is 18.6. The van der Waals surface area contributed by atoms with Crippen molar-refractivity contribution >= 4 is 22.7 Å². The number of phenolic OH excluding ortho intramolecular Hbond substituents is 2. The summed E-state index contributed by atoms with van der Waals surface area (Å²) in [5, 5.41) is 32.3. The van der Waals surface area contributed by atoms with Crippen LogP contribution in [0.15, 0.2) is 45.6 Å². The Labute approximate surface area is 164 Å². The van der Waals surface area contributed by atoms with Crippen molar-refractivity contribution in [3.8, 4) is 28.6 Å². The number of anilines is 1. The molecule has 0 atom stereocenters. The molecular weight excluding hydrogens is 380 g/mol. The average Bonchev–Trinajstić information content (AvgIpc) is 2.73. The number of carbonyl (C=O) groups excluding carboxylic acids is 1. The quantitative estimate of drug-likeness (QED) is 0.487. The molecule has 4 rings (SSSR count). The Balaban J connectivity index is 1.72. The molecule has 9 heteroatoms. The largest absolute Gasteiger partial charge is 0.504 e. The SMILES string of the molecule is O=C(Nc1ccc2c(=O)c(O)c(-c3ccc(O)c(O)c3)oc2c1)N1CCOCC1. The van der Waals surface area contributed by atoms with E-state index in [0.29, 0.717) is 32.0 Å². The molecule has 0 bridgehead atoms. The van der Waals surface area contributed by atoms with Crippen LogP contribution in [0, 0.1) is 0 Å². The summed E-state index contributed by atoms with van der Waals surface area (Å²) in [6, 6.07) is 7.96. The van der Waals surface area contributed by atoms with Gasteiger partial charge in [-0.25, -0.2) is 4.79 Å². The third-order valence-electron chi connectivity index (χ3n) is 4.66. The maximum Gasteiger partial charge on any atom is 0.322 e. The lowest BCUT2D eigenvalue weighted by Crippen LogP contribution is -2.43. The number of hydrogen-bond donors (Lipinski definition) is 4. The lowest BCUT2D eigenvalue weighted by molar-refractivity contribution is 0.0564. The molecule has 0 unspecified atom stereocenters. The van der Waals surface area contributed by atoms with E-state index in [1.165, 1.54) is 30.3 Å². The number of morpholine rings is 1. The summed E-state index contributed by atoms with van der Waals surface area (Å²) < 4.78 is 10.9. The summed E-state index contributed by atoms with van der Waals surface area (Å²) in [4.78, 5) is 26.5. The summed E-state index contributed by atoms with van der Waals surface area (Å²) >= 11 is 0. The summed E-state index contributed by atoms with van der Waals surface area (Å²) in [7, 11) is 0. The molecule has 1 aliphatic heterocycles. The highest BCUT2D eigenvalue weighted by atomic mass is 16.5. The fourth-order valence-corrected chi connectivity index (χ4v) is 3.09. The van der Waals surface area contributed by atoms with Crippen LogP contribution < -0.4 is 10.7 Å². The Morgan fingerprint density at radius 2 is 1.76 bits per heavy atom. The summed E-state index contributed by atoms with van der Waals surface area (Å²) in [5.74, 6) is -1.54. The van der Waals surface area contributed by atoms with Gasteiger partial charge in [0.25, 0.3) is 0 Å². The van der Waals surface area contributed by atoms with Crippen molar-refractivity contribution in [1.29, 1.82) is 0 Å². The van der Waals surface area contributed by atoms with E-state index in [4.69, 9.17) is 9.15 Å². The second-order valence-corrected chi connectivity index (χ2v) is 6.55. The van der Waals surface area contributed by atoms with Crippen LogP contribution in [0.1, 0.15) is 0 Å². The van der Waals surface area contributed by atoms with Crippen LogP contribution in [-0.2, 0) is 4.74 Å². The van der Waals surface area contributed by atoms with Gasteiger partial charge in [-0.15, -0.1) is 0 Å². The van der Waals surface area contributed by atoms with E-state index in [1.54, 1.807) is 11.0 Å². The Kier molecular flexibility index (Phi) is 4.73. The molecule has 1 saturated heterocycles. The van der Waals surface area contributed by atoms with Gasteiger partial charge in [-0.1, -0.05) is 0 Å². The minimum atomic E-state index is -0.653. The zero-order chi connectivity index (χ0) is 20.5. The van der Waals surface area contributed by atoms with Gasteiger partial charge in [0.05, 0.1) is 18.6 Å². The first-order valence-corrected chi connectivity index (χ1v) is 8.90. The molecule has 150 valence electrons. The number of fused-ring (bicyclic) bond motifs is 1. The number of hydrogen-bond acceptors (Lipinski definition) is 7. The monoisotopic (exact) mass is 398 g/mol. The van der Waals surface area contributed by atoms with E-state index in [2.05, 4.69) is 5.32 Å². The highest BCUT2D eigenvalue weighted by molar-refractivity contribution is 5.92. The first-order valence-electron chi connectivity index (χ1n) is 8.90. The molecule has 29 heavy (non-hydrogen) atoms. The van der Waals surface area contributed by atoms with Crippen molar-refractivity contribution in [1.82, 2.24) is 4.90 Å². The molecule has 0 aliphatic carbocycles. The van der Waals surface area contributed by atoms with Gasteiger partial charge in [0.15, 0.2) is 17.3 Å². The number of benzene rings is 2. The Hall–Kier alpha value is -3.72. The van der Waals surface area contributed by atoms with Crippen molar-refractivity contribution in [2.75, 3.05) is 31.6 Å². The van der Waals surface area contributed by atoms with Crippen LogP contribution in [0.3, 0.4) is 0 Å². The van der Waals surface area contributed by atoms with Gasteiger partial charge < -0.3 is 34.7 Å². The van der Waals surface area contributed by atoms with E-state index < -0.39 is 16.9 Å². The molecule has 4 N–H and O–H groups in total. The second kappa shape index (κ2) is 7.36. The zero-order valence-electron chi connectivity index (χ0n) is 15.2. The lowest BCUT2D eigenvalue weighted by atomic mass is 10.1. The van der Waals surface area contributed by atoms with Gasteiger partial charge in [-0.2, -0.15) is 0 Å². The van der Waals surface area contributed by atoms with Crippen molar-refractivity contribution in [2.45, 2.75) is 0 Å². The molecule has 0 radical (unpaired) electrons. The van der Waals surface area contributed by atoms with Crippen LogP contribution in [0.2, 0.25) is 0 Å². The van der Waals surface area contributed by atoms with Crippen LogP contribution in [0.5, 0.6) is 17.2 Å². The van der Waals surface area contributed by atoms with Crippen molar-refractivity contribution < 1.29 is 29.3 Å². The maximum absolute atomic E-state index is 12.5. The van der Waals surface area contributed by atoms with E-state index in [9.17, 15) is 24.9 Å². The number of phenols is 2. The number of amides is 2. The average molecular weight is 398 g/mol. The summed E-state index contributed by atoms with van der Waals surface area (Å²) in [5.41, 5.74) is 0.122. The first-order chi connectivity index (χ1) is 13.9. The molecular formula is C20H18N2O7. The van der Waals surface area contributed by atoms with Gasteiger partial charge in [-0.05, 0) is 30.3 Å². The molecule has 3 aromatic rings. The standard InChI is InChI=1S/C20H18N2O7/c23-14-4-1-11(9-15(14)24)19-18(26)17(25)13-3-2-12(10-16(13)29-19)21-20(27)22-5-7-28-8-6-22/h1-4,9-10,23-24,26H,5-8H2,(H,21,27). The van der Waals surface area contributed by atoms with Gasteiger partial charge >= 0.3 is 6.03 Å². The number of urea groups is 1. The van der Waals surface area contributed by atoms with Crippen LogP contribution in [0.4, 0.5) is 10.5 Å². The van der Waals surface area contributed by atoms with E-state index in [-0.39, 0.29) is 34.1 Å². The number of rotatable bonds is 2. The van der Waals surface area contributed by atoms with Gasteiger partial charge in [0.2, 0.25) is 11.2 Å². The molecule has 9 nitrogen and oxygen atoms in total. The zero-order valence-corrected chi connectivity index (χ0v) is 15.2. The smallest absolute Gasteiger partial charge is 0.322 e. The lowest BCUT2D eigenvalue weighted by Gasteiger charge is -2.26. The maximum atomic E-state index is 12.5. The topological polar surface area (TPSA) is 132 Å². The van der Waals surface area contributed by atoms with Crippen LogP contribution >= 0.6 is 0 Å². The minimum Gasteiger partial charge on any atom is -0.504 e.